The van der Waals surface area contributed by atoms with Crippen molar-refractivity contribution in [1.82, 2.24) is 5.16 Å². The van der Waals surface area contributed by atoms with Crippen LogP contribution < -0.4 is 4.31 Å². The molecule has 1 aromatic heterocycles. The van der Waals surface area contributed by atoms with Crippen molar-refractivity contribution in [2.75, 3.05) is 4.31 Å². The van der Waals surface area contributed by atoms with Gasteiger partial charge in [-0.3, -0.25) is 4.31 Å². The van der Waals surface area contributed by atoms with Crippen LogP contribution >= 0.6 is 0 Å². The van der Waals surface area contributed by atoms with Gasteiger partial charge in [-0.2, -0.15) is 0 Å². The third kappa shape index (κ3) is 3.41. The van der Waals surface area contributed by atoms with Crippen LogP contribution in [0.1, 0.15) is 17.0 Å². The first-order chi connectivity index (χ1) is 11.9. The summed E-state index contributed by atoms with van der Waals surface area (Å²) in [6.07, 6.45) is 0. The molecule has 5 nitrogen and oxygen atoms in total. The van der Waals surface area contributed by atoms with Crippen molar-refractivity contribution in [2.45, 2.75) is 25.3 Å². The number of anilines is 1. The van der Waals surface area contributed by atoms with E-state index in [1.807, 2.05) is 6.07 Å². The maximum atomic E-state index is 13.2. The number of nitrogens with zero attached hydrogens (tertiary/aromatic N) is 2. The van der Waals surface area contributed by atoms with Crippen LogP contribution in [-0.2, 0) is 16.6 Å². The summed E-state index contributed by atoms with van der Waals surface area (Å²) in [6, 6.07) is 13.5. The first kappa shape index (κ1) is 17.2. The summed E-state index contributed by atoms with van der Waals surface area (Å²) in [6.45, 7) is 3.58. The van der Waals surface area contributed by atoms with E-state index in [0.29, 0.717) is 22.7 Å². The zero-order valence-corrected chi connectivity index (χ0v) is 14.6. The Labute approximate surface area is 145 Å². The first-order valence-electron chi connectivity index (χ1n) is 7.64. The van der Waals surface area contributed by atoms with Crippen LogP contribution in [0.2, 0.25) is 0 Å². The Morgan fingerprint density at radius 3 is 2.24 bits per heavy atom. The van der Waals surface area contributed by atoms with E-state index >= 15 is 0 Å². The highest BCUT2D eigenvalue weighted by Gasteiger charge is 2.27. The van der Waals surface area contributed by atoms with E-state index in [2.05, 4.69) is 5.16 Å². The molecule has 0 amide bonds. The molecule has 0 atom stereocenters. The minimum Gasteiger partial charge on any atom is -0.361 e. The van der Waals surface area contributed by atoms with E-state index in [0.717, 1.165) is 12.1 Å². The highest BCUT2D eigenvalue weighted by atomic mass is 32.2. The van der Waals surface area contributed by atoms with Crippen LogP contribution in [0.5, 0.6) is 0 Å². The standard InChI is InChI=1S/C18H17FN2O3S/c1-13-18(14(2)24-20-13)12-21(16-6-4-3-5-7-16)25(22,23)17-10-8-15(19)9-11-17/h3-11H,12H2,1-2H3. The highest BCUT2D eigenvalue weighted by Crippen LogP contribution is 2.27. The van der Waals surface area contributed by atoms with E-state index in [-0.39, 0.29) is 11.4 Å². The summed E-state index contributed by atoms with van der Waals surface area (Å²) in [7, 11) is -3.88. The van der Waals surface area contributed by atoms with Gasteiger partial charge in [0.25, 0.3) is 10.0 Å². The van der Waals surface area contributed by atoms with Crippen LogP contribution in [-0.4, -0.2) is 13.6 Å². The fraction of sp³-hybridized carbons (Fsp3) is 0.167. The number of halogens is 1. The number of aryl methyl sites for hydroxylation is 2. The molecule has 0 aliphatic rings. The minimum atomic E-state index is -3.88. The Morgan fingerprint density at radius 1 is 1.04 bits per heavy atom. The third-order valence-corrected chi connectivity index (χ3v) is 5.72. The first-order valence-corrected chi connectivity index (χ1v) is 9.08. The third-order valence-electron chi connectivity index (χ3n) is 3.93. The Morgan fingerprint density at radius 2 is 1.68 bits per heavy atom. The summed E-state index contributed by atoms with van der Waals surface area (Å²) in [4.78, 5) is 0.0181. The van der Waals surface area contributed by atoms with E-state index in [1.54, 1.807) is 38.1 Å². The summed E-state index contributed by atoms with van der Waals surface area (Å²) >= 11 is 0. The SMILES string of the molecule is Cc1noc(C)c1CN(c1ccccc1)S(=O)(=O)c1ccc(F)cc1. The molecule has 3 rings (SSSR count). The quantitative estimate of drug-likeness (QED) is 0.694. The molecule has 0 aliphatic heterocycles. The van der Waals surface area contributed by atoms with Gasteiger partial charge in [0, 0.05) is 5.56 Å². The lowest BCUT2D eigenvalue weighted by atomic mass is 10.2. The van der Waals surface area contributed by atoms with Crippen molar-refractivity contribution in [2.24, 2.45) is 0 Å². The van der Waals surface area contributed by atoms with Gasteiger partial charge in [0.1, 0.15) is 11.6 Å². The monoisotopic (exact) mass is 360 g/mol. The van der Waals surface area contributed by atoms with E-state index < -0.39 is 15.8 Å². The number of rotatable bonds is 5. The predicted molar refractivity (Wildman–Crippen MR) is 92.2 cm³/mol. The lowest BCUT2D eigenvalue weighted by molar-refractivity contribution is 0.392. The number of hydrogen-bond donors (Lipinski definition) is 0. The predicted octanol–water partition coefficient (Wildman–Crippen LogP) is 3.83. The summed E-state index contributed by atoms with van der Waals surface area (Å²) in [5, 5.41) is 3.88. The zero-order valence-electron chi connectivity index (χ0n) is 13.8. The fourth-order valence-electron chi connectivity index (χ4n) is 2.51. The molecular formula is C18H17FN2O3S. The number of sulfonamides is 1. The smallest absolute Gasteiger partial charge is 0.264 e. The molecule has 0 spiro atoms. The Balaban J connectivity index is 2.09. The van der Waals surface area contributed by atoms with Crippen LogP contribution in [0.25, 0.3) is 0 Å². The molecule has 0 fully saturated rings. The Bertz CT molecular complexity index is 948. The topological polar surface area (TPSA) is 63.4 Å². The van der Waals surface area contributed by atoms with Gasteiger partial charge in [-0.15, -0.1) is 0 Å². The van der Waals surface area contributed by atoms with Gasteiger partial charge in [0.05, 0.1) is 22.8 Å². The summed E-state index contributed by atoms with van der Waals surface area (Å²) in [5.74, 6) is 0.0728. The van der Waals surface area contributed by atoms with Crippen LogP contribution in [0.4, 0.5) is 10.1 Å². The van der Waals surface area contributed by atoms with Gasteiger partial charge in [0.2, 0.25) is 0 Å². The second kappa shape index (κ2) is 6.68. The highest BCUT2D eigenvalue weighted by molar-refractivity contribution is 7.92. The fourth-order valence-corrected chi connectivity index (χ4v) is 3.95. The average Bonchev–Trinajstić information content (AvgIpc) is 2.92. The van der Waals surface area contributed by atoms with Crippen LogP contribution in [0.15, 0.2) is 64.0 Å². The molecular weight excluding hydrogens is 343 g/mol. The van der Waals surface area contributed by atoms with E-state index in [9.17, 15) is 12.8 Å². The number of benzene rings is 2. The Hall–Kier alpha value is -2.67. The molecule has 0 N–H and O–H groups in total. The van der Waals surface area contributed by atoms with Crippen molar-refractivity contribution in [1.29, 1.82) is 0 Å². The van der Waals surface area contributed by atoms with Gasteiger partial charge in [0.15, 0.2) is 0 Å². The molecule has 0 radical (unpaired) electrons. The summed E-state index contributed by atoms with van der Waals surface area (Å²) < 4.78 is 45.9. The molecule has 0 bridgehead atoms. The molecule has 0 saturated carbocycles. The maximum absolute atomic E-state index is 13.2. The molecule has 7 heteroatoms. The second-order valence-electron chi connectivity index (χ2n) is 5.60. The molecule has 0 unspecified atom stereocenters. The van der Waals surface area contributed by atoms with Crippen LogP contribution in [0.3, 0.4) is 0 Å². The van der Waals surface area contributed by atoms with Crippen LogP contribution in [0, 0.1) is 19.7 Å². The van der Waals surface area contributed by atoms with Crippen molar-refractivity contribution in [3.05, 3.63) is 77.4 Å². The van der Waals surface area contributed by atoms with Gasteiger partial charge >= 0.3 is 0 Å². The number of para-hydroxylation sites is 1. The molecule has 0 saturated heterocycles. The lowest BCUT2D eigenvalue weighted by Gasteiger charge is -2.24. The van der Waals surface area contributed by atoms with Gasteiger partial charge in [-0.25, -0.2) is 12.8 Å². The zero-order chi connectivity index (χ0) is 18.0. The maximum Gasteiger partial charge on any atom is 0.264 e. The second-order valence-corrected chi connectivity index (χ2v) is 7.47. The molecule has 2 aromatic carbocycles. The van der Waals surface area contributed by atoms with Gasteiger partial charge in [-0.1, -0.05) is 23.4 Å². The lowest BCUT2D eigenvalue weighted by Crippen LogP contribution is -2.31. The Kier molecular flexibility index (Phi) is 4.59. The average molecular weight is 360 g/mol. The number of aromatic nitrogens is 1. The minimum absolute atomic E-state index is 0.0181. The number of hydrogen-bond acceptors (Lipinski definition) is 4. The van der Waals surface area contributed by atoms with Crippen molar-refractivity contribution in [3.8, 4) is 0 Å². The molecule has 0 aliphatic carbocycles. The van der Waals surface area contributed by atoms with Gasteiger partial charge < -0.3 is 4.52 Å². The largest absolute Gasteiger partial charge is 0.361 e. The van der Waals surface area contributed by atoms with Crippen molar-refractivity contribution >= 4 is 15.7 Å². The van der Waals surface area contributed by atoms with Crippen molar-refractivity contribution < 1.29 is 17.3 Å². The normalized spacial score (nSPS) is 11.5. The summed E-state index contributed by atoms with van der Waals surface area (Å²) in [5.41, 5.74) is 1.84. The molecule has 130 valence electrons. The van der Waals surface area contributed by atoms with E-state index in [1.165, 1.54) is 16.4 Å². The molecule has 3 aromatic rings. The van der Waals surface area contributed by atoms with Crippen molar-refractivity contribution in [3.63, 3.8) is 0 Å². The van der Waals surface area contributed by atoms with E-state index in [4.69, 9.17) is 4.52 Å². The van der Waals surface area contributed by atoms with Gasteiger partial charge in [-0.05, 0) is 50.2 Å². The molecule has 1 heterocycles. The molecule has 25 heavy (non-hydrogen) atoms.